The molecule has 2 aromatic rings. The summed E-state index contributed by atoms with van der Waals surface area (Å²) in [7, 11) is 0. The number of carbonyl (C=O) groups excluding carboxylic acids is 2. The van der Waals surface area contributed by atoms with Crippen molar-refractivity contribution in [1.29, 1.82) is 0 Å². The van der Waals surface area contributed by atoms with Gasteiger partial charge in [-0.1, -0.05) is 23.8 Å². The quantitative estimate of drug-likeness (QED) is 0.577. The summed E-state index contributed by atoms with van der Waals surface area (Å²) in [6.07, 6.45) is 2.73. The van der Waals surface area contributed by atoms with Crippen LogP contribution in [0.5, 0.6) is 11.5 Å². The van der Waals surface area contributed by atoms with E-state index in [2.05, 4.69) is 15.4 Å². The second kappa shape index (κ2) is 11.1. The third kappa shape index (κ3) is 7.40. The molecule has 0 aliphatic heterocycles. The molecule has 0 aliphatic rings. The zero-order valence-electron chi connectivity index (χ0n) is 17.9. The molecule has 0 radical (unpaired) electrons. The van der Waals surface area contributed by atoms with Gasteiger partial charge >= 0.3 is 6.61 Å². The van der Waals surface area contributed by atoms with Crippen molar-refractivity contribution in [3.05, 3.63) is 58.7 Å². The average molecular weight is 432 g/mol. The number of aryl methyl sites for hydroxylation is 3. The minimum atomic E-state index is -2.97. The first kappa shape index (κ1) is 23.9. The van der Waals surface area contributed by atoms with Gasteiger partial charge in [0.15, 0.2) is 11.5 Å². The summed E-state index contributed by atoms with van der Waals surface area (Å²) in [4.78, 5) is 24.2. The molecule has 0 unspecified atom stereocenters. The van der Waals surface area contributed by atoms with E-state index in [1.165, 1.54) is 30.4 Å². The summed E-state index contributed by atoms with van der Waals surface area (Å²) in [5, 5.41) is 5.32. The van der Waals surface area contributed by atoms with Crippen molar-refractivity contribution < 1.29 is 27.8 Å². The molecule has 0 aliphatic carbocycles. The van der Waals surface area contributed by atoms with Gasteiger partial charge in [0.25, 0.3) is 0 Å². The Morgan fingerprint density at radius 2 is 1.74 bits per heavy atom. The molecular formula is C23H26F2N2O4. The van der Waals surface area contributed by atoms with E-state index in [0.29, 0.717) is 5.56 Å². The van der Waals surface area contributed by atoms with E-state index >= 15 is 0 Å². The third-order valence-electron chi connectivity index (χ3n) is 4.28. The van der Waals surface area contributed by atoms with Gasteiger partial charge in [0.1, 0.15) is 0 Å². The Morgan fingerprint density at radius 3 is 2.35 bits per heavy atom. The highest BCUT2D eigenvalue weighted by atomic mass is 19.3. The van der Waals surface area contributed by atoms with Crippen LogP contribution in [0.3, 0.4) is 0 Å². The van der Waals surface area contributed by atoms with Gasteiger partial charge < -0.3 is 20.1 Å². The Balaban J connectivity index is 1.95. The van der Waals surface area contributed by atoms with E-state index in [0.717, 1.165) is 22.4 Å². The lowest BCUT2D eigenvalue weighted by atomic mass is 10.1. The van der Waals surface area contributed by atoms with Crippen LogP contribution in [0.25, 0.3) is 6.08 Å². The lowest BCUT2D eigenvalue weighted by Crippen LogP contribution is -2.32. The van der Waals surface area contributed by atoms with Crippen LogP contribution in [-0.2, 0) is 9.59 Å². The van der Waals surface area contributed by atoms with Crippen LogP contribution >= 0.6 is 0 Å². The Morgan fingerprint density at radius 1 is 1.06 bits per heavy atom. The van der Waals surface area contributed by atoms with Crippen molar-refractivity contribution >= 4 is 23.6 Å². The van der Waals surface area contributed by atoms with Gasteiger partial charge in [-0.05, 0) is 62.6 Å². The second-order valence-corrected chi connectivity index (χ2v) is 6.89. The number of rotatable bonds is 9. The molecule has 0 bridgehead atoms. The second-order valence-electron chi connectivity index (χ2n) is 6.89. The smallest absolute Gasteiger partial charge is 0.387 e. The largest absolute Gasteiger partial charge is 0.490 e. The number of carbonyl (C=O) groups is 2. The number of halogens is 2. The predicted octanol–water partition coefficient (Wildman–Crippen LogP) is 4.38. The van der Waals surface area contributed by atoms with Crippen LogP contribution in [-0.4, -0.2) is 31.6 Å². The molecule has 2 aromatic carbocycles. The number of ether oxygens (including phenoxy) is 2. The molecule has 6 nitrogen and oxygen atoms in total. The van der Waals surface area contributed by atoms with Crippen molar-refractivity contribution in [2.24, 2.45) is 0 Å². The predicted molar refractivity (Wildman–Crippen MR) is 116 cm³/mol. The number of anilines is 1. The van der Waals surface area contributed by atoms with E-state index in [1.807, 2.05) is 32.9 Å². The zero-order chi connectivity index (χ0) is 23.0. The van der Waals surface area contributed by atoms with Gasteiger partial charge in [0.2, 0.25) is 11.8 Å². The zero-order valence-corrected chi connectivity index (χ0v) is 17.9. The summed E-state index contributed by atoms with van der Waals surface area (Å²) < 4.78 is 34.6. The fourth-order valence-corrected chi connectivity index (χ4v) is 3.05. The molecule has 0 atom stereocenters. The maximum atomic E-state index is 12.5. The number of amides is 2. The maximum Gasteiger partial charge on any atom is 0.387 e. The number of alkyl halides is 2. The highest BCUT2D eigenvalue weighted by Crippen LogP contribution is 2.30. The Hall–Kier alpha value is -3.42. The molecule has 0 aromatic heterocycles. The normalized spacial score (nSPS) is 10.9. The highest BCUT2D eigenvalue weighted by Gasteiger charge is 2.12. The van der Waals surface area contributed by atoms with Gasteiger partial charge in [-0.15, -0.1) is 0 Å². The summed E-state index contributed by atoms with van der Waals surface area (Å²) >= 11 is 0. The topological polar surface area (TPSA) is 76.7 Å². The van der Waals surface area contributed by atoms with Gasteiger partial charge in [0, 0.05) is 11.8 Å². The van der Waals surface area contributed by atoms with Crippen LogP contribution in [0.15, 0.2) is 36.4 Å². The average Bonchev–Trinajstić information content (AvgIpc) is 2.69. The summed E-state index contributed by atoms with van der Waals surface area (Å²) in [5.74, 6) is -0.757. The molecule has 0 fully saturated rings. The molecule has 0 saturated heterocycles. The van der Waals surface area contributed by atoms with Crippen LogP contribution in [0.2, 0.25) is 0 Å². The first-order valence-corrected chi connectivity index (χ1v) is 9.74. The molecular weight excluding hydrogens is 406 g/mol. The van der Waals surface area contributed by atoms with Crippen LogP contribution in [0.1, 0.15) is 29.2 Å². The first-order chi connectivity index (χ1) is 14.7. The molecule has 2 N–H and O–H groups in total. The number of hydrogen-bond donors (Lipinski definition) is 2. The third-order valence-corrected chi connectivity index (χ3v) is 4.28. The van der Waals surface area contributed by atoms with E-state index in [4.69, 9.17) is 4.74 Å². The van der Waals surface area contributed by atoms with Gasteiger partial charge in [-0.2, -0.15) is 8.78 Å². The molecule has 0 heterocycles. The molecule has 2 amide bonds. The molecule has 166 valence electrons. The fourth-order valence-electron chi connectivity index (χ4n) is 3.05. The number of benzene rings is 2. The Bertz CT molecular complexity index is 951. The van der Waals surface area contributed by atoms with Crippen molar-refractivity contribution in [3.63, 3.8) is 0 Å². The van der Waals surface area contributed by atoms with E-state index in [1.54, 1.807) is 6.92 Å². The minimum absolute atomic E-state index is 0.0863. The molecule has 0 saturated carbocycles. The molecule has 31 heavy (non-hydrogen) atoms. The SMILES string of the molecule is CCOc1cc(/C=C/C(=O)NCC(=O)Nc2c(C)cc(C)cc2C)ccc1OC(F)F. The molecule has 8 heteroatoms. The van der Waals surface area contributed by atoms with Crippen molar-refractivity contribution in [1.82, 2.24) is 5.32 Å². The molecule has 0 spiro atoms. The lowest BCUT2D eigenvalue weighted by Gasteiger charge is -2.13. The minimum Gasteiger partial charge on any atom is -0.490 e. The monoisotopic (exact) mass is 432 g/mol. The molecule has 2 rings (SSSR count). The maximum absolute atomic E-state index is 12.5. The summed E-state index contributed by atoms with van der Waals surface area (Å²) in [5.41, 5.74) is 4.28. The van der Waals surface area contributed by atoms with E-state index in [-0.39, 0.29) is 30.6 Å². The van der Waals surface area contributed by atoms with Crippen molar-refractivity contribution in [2.75, 3.05) is 18.5 Å². The van der Waals surface area contributed by atoms with Gasteiger partial charge in [0.05, 0.1) is 13.2 Å². The summed E-state index contributed by atoms with van der Waals surface area (Å²) in [6, 6.07) is 8.28. The van der Waals surface area contributed by atoms with E-state index < -0.39 is 12.5 Å². The fraction of sp³-hybridized carbons (Fsp3) is 0.304. The van der Waals surface area contributed by atoms with Crippen LogP contribution in [0, 0.1) is 20.8 Å². The lowest BCUT2D eigenvalue weighted by molar-refractivity contribution is -0.121. The van der Waals surface area contributed by atoms with Gasteiger partial charge in [-0.25, -0.2) is 0 Å². The van der Waals surface area contributed by atoms with Crippen molar-refractivity contribution in [3.8, 4) is 11.5 Å². The standard InChI is InChI=1S/C23H26F2N2O4/c1-5-30-19-12-17(6-8-18(19)31-23(24)25)7-9-20(28)26-13-21(29)27-22-15(3)10-14(2)11-16(22)4/h6-12,23H,5,13H2,1-4H3,(H,26,28)(H,27,29)/b9-7+. The number of nitrogens with one attached hydrogen (secondary N) is 2. The van der Waals surface area contributed by atoms with Gasteiger partial charge in [-0.3, -0.25) is 9.59 Å². The number of hydrogen-bond acceptors (Lipinski definition) is 4. The Labute approximate surface area is 180 Å². The van der Waals surface area contributed by atoms with Crippen LogP contribution < -0.4 is 20.1 Å². The summed E-state index contributed by atoms with van der Waals surface area (Å²) in [6.45, 7) is 4.62. The first-order valence-electron chi connectivity index (χ1n) is 9.74. The van der Waals surface area contributed by atoms with Crippen molar-refractivity contribution in [2.45, 2.75) is 34.3 Å². The van der Waals surface area contributed by atoms with E-state index in [9.17, 15) is 18.4 Å². The van der Waals surface area contributed by atoms with Crippen LogP contribution in [0.4, 0.5) is 14.5 Å². The Kier molecular flexibility index (Phi) is 8.54. The highest BCUT2D eigenvalue weighted by molar-refractivity contribution is 5.98.